The van der Waals surface area contributed by atoms with E-state index in [4.69, 9.17) is 5.11 Å². The Morgan fingerprint density at radius 3 is 2.55 bits per heavy atom. The fourth-order valence-corrected chi connectivity index (χ4v) is 5.71. The van der Waals surface area contributed by atoms with Crippen molar-refractivity contribution in [2.24, 2.45) is 0 Å². The molecule has 0 amide bonds. The van der Waals surface area contributed by atoms with Crippen LogP contribution in [0.3, 0.4) is 0 Å². The normalized spacial score (nSPS) is 15.5. The molecule has 9 heteroatoms. The Labute approximate surface area is 231 Å². The number of aryl methyl sites for hydroxylation is 2. The highest BCUT2D eigenvalue weighted by molar-refractivity contribution is 5.89. The smallest absolute Gasteiger partial charge is 0.354 e. The van der Waals surface area contributed by atoms with E-state index in [0.29, 0.717) is 10.9 Å². The molecule has 1 saturated heterocycles. The highest BCUT2D eigenvalue weighted by atomic mass is 16.4. The lowest BCUT2D eigenvalue weighted by Gasteiger charge is -2.36. The number of carbonyl (C=O) groups is 1. The van der Waals surface area contributed by atoms with Crippen molar-refractivity contribution in [2.45, 2.75) is 25.7 Å². The average molecular weight is 535 g/mol. The third-order valence-electron chi connectivity index (χ3n) is 7.96. The molecular formula is C31H30N6O3. The number of nitriles is 1. The number of pyridine rings is 2. The first-order valence-corrected chi connectivity index (χ1v) is 13.6. The van der Waals surface area contributed by atoms with Gasteiger partial charge >= 0.3 is 5.97 Å². The van der Waals surface area contributed by atoms with Crippen LogP contribution in [0.4, 0.5) is 5.69 Å². The number of aromatic carboxylic acids is 1. The number of aromatic amines is 1. The fourth-order valence-electron chi connectivity index (χ4n) is 5.71. The minimum absolute atomic E-state index is 0.0826. The zero-order chi connectivity index (χ0) is 27.6. The van der Waals surface area contributed by atoms with Gasteiger partial charge in [-0.25, -0.2) is 9.78 Å². The number of aromatic nitrogens is 3. The van der Waals surface area contributed by atoms with Crippen molar-refractivity contribution in [3.8, 4) is 11.8 Å². The van der Waals surface area contributed by atoms with Gasteiger partial charge in [0.1, 0.15) is 5.69 Å². The van der Waals surface area contributed by atoms with E-state index in [-0.39, 0.29) is 11.3 Å². The molecule has 0 unspecified atom stereocenters. The Bertz CT molecular complexity index is 1700. The molecule has 4 aromatic rings. The van der Waals surface area contributed by atoms with Crippen LogP contribution in [0.1, 0.15) is 40.2 Å². The molecule has 0 radical (unpaired) electrons. The van der Waals surface area contributed by atoms with Crippen molar-refractivity contribution >= 4 is 28.6 Å². The highest BCUT2D eigenvalue weighted by Crippen LogP contribution is 2.27. The van der Waals surface area contributed by atoms with E-state index in [1.807, 2.05) is 24.3 Å². The van der Waals surface area contributed by atoms with E-state index in [1.165, 1.54) is 29.0 Å². The SMILES string of the molecule is N#CC1=Cc2c(CCCN3CCN(c4ccc(-n5ccc6nc(C(=O)O)ccc6c5=O)cc4)CC3)c[nH]c2CC1. The first kappa shape index (κ1) is 25.6. The summed E-state index contributed by atoms with van der Waals surface area (Å²) >= 11 is 0. The van der Waals surface area contributed by atoms with Crippen molar-refractivity contribution in [2.75, 3.05) is 37.6 Å². The first-order valence-electron chi connectivity index (χ1n) is 13.6. The van der Waals surface area contributed by atoms with Crippen LogP contribution in [-0.2, 0) is 12.8 Å². The Balaban J connectivity index is 1.04. The molecule has 2 aliphatic rings. The van der Waals surface area contributed by atoms with Crippen LogP contribution in [0.25, 0.3) is 22.7 Å². The molecule has 0 saturated carbocycles. The average Bonchev–Trinajstić information content (AvgIpc) is 3.39. The minimum Gasteiger partial charge on any atom is -0.477 e. The summed E-state index contributed by atoms with van der Waals surface area (Å²) in [4.78, 5) is 36.6. The Hall–Kier alpha value is -4.68. The number of nitrogens with zero attached hydrogens (tertiary/aromatic N) is 5. The van der Waals surface area contributed by atoms with Gasteiger partial charge in [-0.1, -0.05) is 0 Å². The van der Waals surface area contributed by atoms with E-state index >= 15 is 0 Å². The number of H-pyrrole nitrogens is 1. The lowest BCUT2D eigenvalue weighted by molar-refractivity contribution is 0.0691. The van der Waals surface area contributed by atoms with Gasteiger partial charge in [0, 0.05) is 61.2 Å². The van der Waals surface area contributed by atoms with Crippen molar-refractivity contribution in [3.05, 3.63) is 93.3 Å². The maximum atomic E-state index is 13.0. The second kappa shape index (κ2) is 10.8. The van der Waals surface area contributed by atoms with E-state index in [0.717, 1.165) is 75.4 Å². The molecular weight excluding hydrogens is 504 g/mol. The highest BCUT2D eigenvalue weighted by Gasteiger charge is 2.19. The molecule has 40 heavy (non-hydrogen) atoms. The van der Waals surface area contributed by atoms with Crippen molar-refractivity contribution in [1.82, 2.24) is 19.4 Å². The van der Waals surface area contributed by atoms with Gasteiger partial charge in [-0.05, 0) is 91.9 Å². The predicted octanol–water partition coefficient (Wildman–Crippen LogP) is 4.02. The van der Waals surface area contributed by atoms with Gasteiger partial charge in [0.05, 0.1) is 17.0 Å². The fraction of sp³-hybridized carbons (Fsp3) is 0.290. The Morgan fingerprint density at radius 2 is 1.80 bits per heavy atom. The van der Waals surface area contributed by atoms with Crippen molar-refractivity contribution in [1.29, 1.82) is 5.26 Å². The molecule has 9 nitrogen and oxygen atoms in total. The van der Waals surface area contributed by atoms with Gasteiger partial charge < -0.3 is 15.0 Å². The monoisotopic (exact) mass is 534 g/mol. The second-order valence-electron chi connectivity index (χ2n) is 10.4. The van der Waals surface area contributed by atoms with E-state index in [9.17, 15) is 14.9 Å². The number of hydrogen-bond donors (Lipinski definition) is 2. The molecule has 4 heterocycles. The molecule has 3 aromatic heterocycles. The molecule has 0 spiro atoms. The molecule has 0 atom stereocenters. The summed E-state index contributed by atoms with van der Waals surface area (Å²) in [5.41, 5.74) is 6.60. The Kier molecular flexibility index (Phi) is 6.93. The molecule has 1 fully saturated rings. The van der Waals surface area contributed by atoms with E-state index < -0.39 is 5.97 Å². The number of carboxylic acid groups (broad SMARTS) is 1. The van der Waals surface area contributed by atoms with Crippen LogP contribution in [0.2, 0.25) is 0 Å². The van der Waals surface area contributed by atoms with Crippen LogP contribution in [0.15, 0.2) is 65.2 Å². The molecule has 0 bridgehead atoms. The largest absolute Gasteiger partial charge is 0.477 e. The number of fused-ring (bicyclic) bond motifs is 2. The zero-order valence-electron chi connectivity index (χ0n) is 22.1. The van der Waals surface area contributed by atoms with E-state index in [1.54, 1.807) is 16.8 Å². The summed E-state index contributed by atoms with van der Waals surface area (Å²) in [6, 6.07) is 14.8. The summed E-state index contributed by atoms with van der Waals surface area (Å²) in [6.07, 6.45) is 9.64. The van der Waals surface area contributed by atoms with Gasteiger partial charge in [0.15, 0.2) is 0 Å². The summed E-state index contributed by atoms with van der Waals surface area (Å²) in [5.74, 6) is -1.12. The molecule has 2 N–H and O–H groups in total. The number of piperazine rings is 1. The van der Waals surface area contributed by atoms with Crippen LogP contribution < -0.4 is 10.5 Å². The topological polar surface area (TPSA) is 118 Å². The van der Waals surface area contributed by atoms with Gasteiger partial charge in [-0.2, -0.15) is 5.26 Å². The van der Waals surface area contributed by atoms with Gasteiger partial charge in [-0.15, -0.1) is 0 Å². The third-order valence-corrected chi connectivity index (χ3v) is 7.96. The Morgan fingerprint density at radius 1 is 1.02 bits per heavy atom. The zero-order valence-corrected chi connectivity index (χ0v) is 22.1. The number of hydrogen-bond acceptors (Lipinski definition) is 6. The number of carboxylic acids is 1. The predicted molar refractivity (Wildman–Crippen MR) is 154 cm³/mol. The first-order chi connectivity index (χ1) is 19.5. The number of allylic oxidation sites excluding steroid dienone is 1. The molecule has 202 valence electrons. The second-order valence-corrected chi connectivity index (χ2v) is 10.4. The van der Waals surface area contributed by atoms with Crippen LogP contribution >= 0.6 is 0 Å². The van der Waals surface area contributed by atoms with Crippen molar-refractivity contribution < 1.29 is 9.90 Å². The number of rotatable bonds is 7. The summed E-state index contributed by atoms with van der Waals surface area (Å²) in [5, 5.41) is 18.8. The summed E-state index contributed by atoms with van der Waals surface area (Å²) in [7, 11) is 0. The number of benzene rings is 1. The van der Waals surface area contributed by atoms with Crippen LogP contribution in [-0.4, -0.2) is 63.2 Å². The lowest BCUT2D eigenvalue weighted by Crippen LogP contribution is -2.46. The standard InChI is InChI=1S/C31H30N6O3/c32-19-21-3-9-27-26(18-21)22(20-33-27)2-1-12-35-14-16-36(17-15-35)23-4-6-24(7-5-23)37-13-11-28-25(30(37)38)8-10-29(34-28)31(39)40/h4-8,10-11,13,18,20,33H,1-3,9,12,14-17H2,(H,39,40). The molecule has 6 rings (SSSR count). The summed E-state index contributed by atoms with van der Waals surface area (Å²) < 4.78 is 1.56. The van der Waals surface area contributed by atoms with Gasteiger partial charge in [0.25, 0.3) is 5.56 Å². The molecule has 1 aromatic carbocycles. The van der Waals surface area contributed by atoms with Crippen LogP contribution in [0, 0.1) is 11.3 Å². The van der Waals surface area contributed by atoms with Gasteiger partial charge in [-0.3, -0.25) is 14.3 Å². The molecule has 1 aliphatic heterocycles. The van der Waals surface area contributed by atoms with Crippen LogP contribution in [0.5, 0.6) is 0 Å². The summed E-state index contributed by atoms with van der Waals surface area (Å²) in [6.45, 7) is 4.94. The number of nitrogens with one attached hydrogen (secondary N) is 1. The lowest BCUT2D eigenvalue weighted by atomic mass is 9.95. The quantitative estimate of drug-likeness (QED) is 0.368. The van der Waals surface area contributed by atoms with E-state index in [2.05, 4.69) is 38.1 Å². The van der Waals surface area contributed by atoms with Crippen molar-refractivity contribution in [3.63, 3.8) is 0 Å². The maximum Gasteiger partial charge on any atom is 0.354 e. The third kappa shape index (κ3) is 5.01. The maximum absolute atomic E-state index is 13.0. The van der Waals surface area contributed by atoms with Gasteiger partial charge in [0.2, 0.25) is 0 Å². The molecule has 1 aliphatic carbocycles. The number of anilines is 1. The minimum atomic E-state index is -1.12.